The lowest BCUT2D eigenvalue weighted by Crippen LogP contribution is -2.66. The Morgan fingerprint density at radius 3 is 2.31 bits per heavy atom. The van der Waals surface area contributed by atoms with Crippen LogP contribution in [0.1, 0.15) is 42.8 Å². The molecule has 1 atom stereocenters. The van der Waals surface area contributed by atoms with Crippen molar-refractivity contribution < 1.29 is 32.0 Å². The molecule has 1 aromatic heterocycles. The maximum atomic E-state index is 14.7. The highest BCUT2D eigenvalue weighted by atomic mass is 19.4. The van der Waals surface area contributed by atoms with Crippen molar-refractivity contribution in [2.75, 3.05) is 4.90 Å². The first-order valence-electron chi connectivity index (χ1n) is 9.98. The number of Topliss-reactive ketones (excluding diaryl/α,β-unsaturated/α-hetero) is 1. The molecule has 0 bridgehead atoms. The number of amides is 2. The fourth-order valence-corrected chi connectivity index (χ4v) is 4.36. The van der Waals surface area contributed by atoms with E-state index in [-0.39, 0.29) is 24.2 Å². The summed E-state index contributed by atoms with van der Waals surface area (Å²) in [7, 11) is 0. The fourth-order valence-electron chi connectivity index (χ4n) is 4.36. The van der Waals surface area contributed by atoms with E-state index in [1.165, 1.54) is 24.3 Å². The maximum Gasteiger partial charge on any atom is 0.425 e. The van der Waals surface area contributed by atoms with Crippen LogP contribution in [0, 0.1) is 12.3 Å². The summed E-state index contributed by atoms with van der Waals surface area (Å²) in [6.45, 7) is 5.31. The van der Waals surface area contributed by atoms with Gasteiger partial charge in [0.15, 0.2) is 11.5 Å². The van der Waals surface area contributed by atoms with Crippen LogP contribution in [0.25, 0.3) is 0 Å². The number of nitrogens with zero attached hydrogens (tertiary/aromatic N) is 1. The summed E-state index contributed by atoms with van der Waals surface area (Å²) in [4.78, 5) is 40.2. The fraction of sp³-hybridized carbons (Fsp3) is 0.348. The normalized spacial score (nSPS) is 22.9. The predicted octanol–water partition coefficient (Wildman–Crippen LogP) is 4.31. The van der Waals surface area contributed by atoms with Crippen LogP contribution in [0.3, 0.4) is 0 Å². The highest BCUT2D eigenvalue weighted by molar-refractivity contribution is 6.21. The van der Waals surface area contributed by atoms with Crippen LogP contribution in [0.15, 0.2) is 58.3 Å². The van der Waals surface area contributed by atoms with Gasteiger partial charge in [0, 0.05) is 17.8 Å². The molecule has 1 aliphatic carbocycles. The second-order valence-corrected chi connectivity index (χ2v) is 8.92. The van der Waals surface area contributed by atoms with Crippen LogP contribution in [0.4, 0.5) is 18.9 Å². The van der Waals surface area contributed by atoms with E-state index in [0.717, 1.165) is 16.7 Å². The Kier molecular flexibility index (Phi) is 4.84. The van der Waals surface area contributed by atoms with Crippen LogP contribution in [0.2, 0.25) is 0 Å². The standard InChI is InChI=1S/C23H21F3N2O4/c1-13-6-8-14(9-7-13)28-15-11-21(2,3)12-16(29)18(15)22(20(28)31,23(24,25)26)27-19(30)17-5-4-10-32-17/h4-10H,11-12H2,1-3H3,(H,27,30). The zero-order chi connectivity index (χ0) is 23.5. The minimum atomic E-state index is -5.27. The van der Waals surface area contributed by atoms with E-state index in [0.29, 0.717) is 0 Å². The molecule has 2 aliphatic rings. The third kappa shape index (κ3) is 3.23. The summed E-state index contributed by atoms with van der Waals surface area (Å²) in [5.41, 5.74) is -3.90. The molecule has 0 spiro atoms. The molecule has 1 N–H and O–H groups in total. The Balaban J connectivity index is 1.95. The molecule has 2 aromatic rings. The van der Waals surface area contributed by atoms with Crippen LogP contribution >= 0.6 is 0 Å². The molecule has 32 heavy (non-hydrogen) atoms. The first kappa shape index (κ1) is 21.9. The summed E-state index contributed by atoms with van der Waals surface area (Å²) >= 11 is 0. The minimum Gasteiger partial charge on any atom is -0.459 e. The molecule has 0 saturated carbocycles. The minimum absolute atomic E-state index is 0.0443. The van der Waals surface area contributed by atoms with Crippen molar-refractivity contribution in [2.24, 2.45) is 5.41 Å². The van der Waals surface area contributed by atoms with Crippen molar-refractivity contribution in [1.29, 1.82) is 0 Å². The molecular formula is C23H21F3N2O4. The van der Waals surface area contributed by atoms with E-state index in [2.05, 4.69) is 0 Å². The van der Waals surface area contributed by atoms with Crippen molar-refractivity contribution in [3.05, 3.63) is 65.3 Å². The second kappa shape index (κ2) is 7.08. The second-order valence-electron chi connectivity index (χ2n) is 8.92. The monoisotopic (exact) mass is 446 g/mol. The predicted molar refractivity (Wildman–Crippen MR) is 109 cm³/mol. The quantitative estimate of drug-likeness (QED) is 0.762. The van der Waals surface area contributed by atoms with Crippen LogP contribution in [-0.4, -0.2) is 29.3 Å². The largest absolute Gasteiger partial charge is 0.459 e. The SMILES string of the molecule is Cc1ccc(N2C(=O)C(NC(=O)c3ccco3)(C(F)(F)F)C3=C2CC(C)(C)CC3=O)cc1. The molecule has 168 valence electrons. The smallest absolute Gasteiger partial charge is 0.425 e. The number of hydrogen-bond donors (Lipinski definition) is 1. The van der Waals surface area contributed by atoms with Crippen LogP contribution in [-0.2, 0) is 9.59 Å². The van der Waals surface area contributed by atoms with Gasteiger partial charge in [-0.25, -0.2) is 0 Å². The Hall–Kier alpha value is -3.36. The number of benzene rings is 1. The van der Waals surface area contributed by atoms with E-state index in [1.807, 2.05) is 5.32 Å². The van der Waals surface area contributed by atoms with Crippen LogP contribution < -0.4 is 10.2 Å². The van der Waals surface area contributed by atoms with Gasteiger partial charge in [0.05, 0.1) is 11.8 Å². The zero-order valence-electron chi connectivity index (χ0n) is 17.7. The Labute approximate surface area is 182 Å². The van der Waals surface area contributed by atoms with E-state index in [9.17, 15) is 27.6 Å². The van der Waals surface area contributed by atoms with E-state index in [1.54, 1.807) is 32.9 Å². The Morgan fingerprint density at radius 2 is 1.75 bits per heavy atom. The number of furan rings is 1. The van der Waals surface area contributed by atoms with Crippen molar-refractivity contribution in [1.82, 2.24) is 5.32 Å². The average Bonchev–Trinajstić information content (AvgIpc) is 3.28. The van der Waals surface area contributed by atoms with Crippen molar-refractivity contribution in [3.8, 4) is 0 Å². The summed E-state index contributed by atoms with van der Waals surface area (Å²) in [6.07, 6.45) is -4.27. The molecule has 1 unspecified atom stereocenters. The number of ketones is 1. The molecule has 1 aromatic carbocycles. The molecule has 0 fully saturated rings. The number of carbonyl (C=O) groups is 3. The van der Waals surface area contributed by atoms with E-state index < -0.39 is 46.1 Å². The van der Waals surface area contributed by atoms with Crippen molar-refractivity contribution in [2.45, 2.75) is 45.3 Å². The first-order chi connectivity index (χ1) is 14.9. The molecule has 2 heterocycles. The van der Waals surface area contributed by atoms with Gasteiger partial charge in [-0.2, -0.15) is 13.2 Å². The molecule has 0 saturated heterocycles. The Bertz CT molecular complexity index is 1130. The number of alkyl halides is 3. The van der Waals surface area contributed by atoms with Gasteiger partial charge in [0.1, 0.15) is 0 Å². The number of carbonyl (C=O) groups excluding carboxylic acids is 3. The average molecular weight is 446 g/mol. The third-order valence-electron chi connectivity index (χ3n) is 5.78. The van der Waals surface area contributed by atoms with Gasteiger partial charge in [-0.15, -0.1) is 0 Å². The number of nitrogens with one attached hydrogen (secondary N) is 1. The Morgan fingerprint density at radius 1 is 1.09 bits per heavy atom. The third-order valence-corrected chi connectivity index (χ3v) is 5.78. The van der Waals surface area contributed by atoms with E-state index >= 15 is 0 Å². The van der Waals surface area contributed by atoms with Gasteiger partial charge in [0.2, 0.25) is 5.54 Å². The molecule has 0 radical (unpaired) electrons. The lowest BCUT2D eigenvalue weighted by molar-refractivity contribution is -0.186. The summed E-state index contributed by atoms with van der Waals surface area (Å²) in [6, 6.07) is 8.87. The number of rotatable bonds is 3. The highest BCUT2D eigenvalue weighted by Crippen LogP contribution is 2.52. The number of hydrogen-bond acceptors (Lipinski definition) is 4. The van der Waals surface area contributed by atoms with Crippen molar-refractivity contribution >= 4 is 23.3 Å². The van der Waals surface area contributed by atoms with Gasteiger partial charge in [0.25, 0.3) is 11.8 Å². The summed E-state index contributed by atoms with van der Waals surface area (Å²) in [5.74, 6) is -3.90. The van der Waals surface area contributed by atoms with E-state index in [4.69, 9.17) is 4.42 Å². The van der Waals surface area contributed by atoms with Gasteiger partial charge in [-0.3, -0.25) is 19.3 Å². The van der Waals surface area contributed by atoms with Gasteiger partial charge in [-0.1, -0.05) is 31.5 Å². The topological polar surface area (TPSA) is 79.6 Å². The molecule has 2 amide bonds. The number of halogens is 3. The number of aryl methyl sites for hydroxylation is 1. The summed E-state index contributed by atoms with van der Waals surface area (Å²) in [5, 5.41) is 1.83. The van der Waals surface area contributed by atoms with Crippen molar-refractivity contribution in [3.63, 3.8) is 0 Å². The zero-order valence-corrected chi connectivity index (χ0v) is 17.7. The summed E-state index contributed by atoms with van der Waals surface area (Å²) < 4.78 is 49.0. The molecular weight excluding hydrogens is 425 g/mol. The molecule has 9 heteroatoms. The van der Waals surface area contributed by atoms with Crippen LogP contribution in [0.5, 0.6) is 0 Å². The lowest BCUT2D eigenvalue weighted by Gasteiger charge is -2.35. The lowest BCUT2D eigenvalue weighted by atomic mass is 9.72. The molecule has 6 nitrogen and oxygen atoms in total. The number of allylic oxidation sites excluding steroid dienone is 1. The van der Waals surface area contributed by atoms with Gasteiger partial charge in [-0.05, 0) is 43.0 Å². The maximum absolute atomic E-state index is 14.7. The molecule has 4 rings (SSSR count). The highest BCUT2D eigenvalue weighted by Gasteiger charge is 2.72. The number of anilines is 1. The first-order valence-corrected chi connectivity index (χ1v) is 9.98. The van der Waals surface area contributed by atoms with Gasteiger partial charge < -0.3 is 9.73 Å². The molecule has 1 aliphatic heterocycles. The van der Waals surface area contributed by atoms with Gasteiger partial charge >= 0.3 is 6.18 Å².